The van der Waals surface area contributed by atoms with Crippen LogP contribution in [0.25, 0.3) is 0 Å². The number of hydrogen-bond acceptors (Lipinski definition) is 13. The third-order valence-corrected chi connectivity index (χ3v) is 7.06. The van der Waals surface area contributed by atoms with Crippen LogP contribution in [0.3, 0.4) is 0 Å². The number of aromatic nitrogens is 1. The normalized spacial score (nSPS) is 19.8. The average molecular weight is 569 g/mol. The fraction of sp³-hybridized carbons (Fsp3) is 0.500. The Morgan fingerprint density at radius 2 is 2.00 bits per heavy atom. The van der Waals surface area contributed by atoms with Gasteiger partial charge in [0, 0.05) is 11.1 Å². The molecule has 0 spiro atoms. The SMILES string of the molecule is CO/N=C(/C(=O)NC1C(=O)N2C(C(=O)OCOC(=O)C(C)(C)C)=CCSC12)c1csc(NC(=O)[C@H](C)N)n1. The Hall–Kier alpha value is -3.50. The van der Waals surface area contributed by atoms with Gasteiger partial charge in [-0.05, 0) is 33.8 Å². The molecule has 38 heavy (non-hydrogen) atoms. The van der Waals surface area contributed by atoms with Gasteiger partial charge in [-0.1, -0.05) is 5.16 Å². The van der Waals surface area contributed by atoms with E-state index in [9.17, 15) is 24.0 Å². The summed E-state index contributed by atoms with van der Waals surface area (Å²) in [5, 5.41) is 9.96. The van der Waals surface area contributed by atoms with Crippen molar-refractivity contribution in [2.24, 2.45) is 16.3 Å². The van der Waals surface area contributed by atoms with Gasteiger partial charge in [0.1, 0.15) is 29.9 Å². The molecule has 1 fully saturated rings. The van der Waals surface area contributed by atoms with E-state index in [0.29, 0.717) is 5.75 Å². The van der Waals surface area contributed by atoms with Gasteiger partial charge in [0.25, 0.3) is 11.8 Å². The maximum Gasteiger partial charge on any atom is 0.357 e. The zero-order valence-corrected chi connectivity index (χ0v) is 22.9. The number of nitrogens with one attached hydrogen (secondary N) is 2. The first-order valence-corrected chi connectivity index (χ1v) is 13.2. The molecule has 3 heterocycles. The van der Waals surface area contributed by atoms with E-state index in [1.165, 1.54) is 42.2 Å². The molecular formula is C22H28N6O8S2. The lowest BCUT2D eigenvalue weighted by Gasteiger charge is -2.48. The van der Waals surface area contributed by atoms with E-state index in [4.69, 9.17) is 20.0 Å². The molecule has 3 rings (SSSR count). The summed E-state index contributed by atoms with van der Waals surface area (Å²) in [5.41, 5.74) is 4.67. The fourth-order valence-corrected chi connectivity index (χ4v) is 5.01. The summed E-state index contributed by atoms with van der Waals surface area (Å²) in [6, 6.07) is -1.71. The summed E-state index contributed by atoms with van der Waals surface area (Å²) in [6.45, 7) is 5.90. The van der Waals surface area contributed by atoms with Crippen LogP contribution in [0.5, 0.6) is 0 Å². The second kappa shape index (κ2) is 11.9. The Morgan fingerprint density at radius 3 is 2.63 bits per heavy atom. The number of nitrogens with two attached hydrogens (primary N) is 1. The third kappa shape index (κ3) is 6.49. The molecule has 4 N–H and O–H groups in total. The smallest absolute Gasteiger partial charge is 0.357 e. The fourth-order valence-electron chi connectivity index (χ4n) is 3.12. The lowest BCUT2D eigenvalue weighted by atomic mass is 9.98. The van der Waals surface area contributed by atoms with Gasteiger partial charge in [-0.3, -0.25) is 24.1 Å². The summed E-state index contributed by atoms with van der Waals surface area (Å²) >= 11 is 2.38. The van der Waals surface area contributed by atoms with E-state index in [2.05, 4.69) is 20.8 Å². The molecular weight excluding hydrogens is 540 g/mol. The summed E-state index contributed by atoms with van der Waals surface area (Å²) in [4.78, 5) is 72.2. The maximum atomic E-state index is 13.0. The van der Waals surface area contributed by atoms with Gasteiger partial charge in [-0.2, -0.15) is 0 Å². The largest absolute Gasteiger partial charge is 0.427 e. The molecule has 1 aromatic heterocycles. The average Bonchev–Trinajstić information content (AvgIpc) is 3.31. The monoisotopic (exact) mass is 568 g/mol. The molecule has 0 radical (unpaired) electrons. The highest BCUT2D eigenvalue weighted by molar-refractivity contribution is 8.00. The van der Waals surface area contributed by atoms with E-state index < -0.39 is 59.3 Å². The molecule has 2 aliphatic rings. The number of amides is 3. The van der Waals surface area contributed by atoms with Crippen molar-refractivity contribution in [3.8, 4) is 0 Å². The molecule has 2 unspecified atom stereocenters. The minimum absolute atomic E-state index is 0.00384. The maximum absolute atomic E-state index is 13.0. The highest BCUT2D eigenvalue weighted by atomic mass is 32.2. The molecule has 1 aromatic rings. The van der Waals surface area contributed by atoms with Crippen LogP contribution in [0.2, 0.25) is 0 Å². The second-order valence-corrected chi connectivity index (χ2v) is 11.2. The number of thioether (sulfide) groups is 1. The zero-order valence-electron chi connectivity index (χ0n) is 21.3. The first kappa shape index (κ1) is 29.1. The Labute approximate surface area is 226 Å². The number of carbonyl (C=O) groups is 5. The van der Waals surface area contributed by atoms with Crippen LogP contribution in [0.15, 0.2) is 22.3 Å². The molecule has 14 nitrogen and oxygen atoms in total. The third-order valence-electron chi connectivity index (χ3n) is 5.12. The van der Waals surface area contributed by atoms with Crippen LogP contribution in [-0.2, 0) is 38.3 Å². The Morgan fingerprint density at radius 1 is 1.29 bits per heavy atom. The summed E-state index contributed by atoms with van der Waals surface area (Å²) in [7, 11) is 1.24. The van der Waals surface area contributed by atoms with Gasteiger partial charge < -0.3 is 30.7 Å². The predicted octanol–water partition coefficient (Wildman–Crippen LogP) is 0.153. The van der Waals surface area contributed by atoms with Crippen molar-refractivity contribution in [2.75, 3.05) is 25.0 Å². The molecule has 0 bridgehead atoms. The van der Waals surface area contributed by atoms with E-state index in [1.54, 1.807) is 20.8 Å². The summed E-state index contributed by atoms with van der Waals surface area (Å²) in [6.07, 6.45) is 1.52. The van der Waals surface area contributed by atoms with Crippen LogP contribution in [0.4, 0.5) is 5.13 Å². The number of esters is 2. The number of ether oxygens (including phenoxy) is 2. The molecule has 3 atom stereocenters. The van der Waals surface area contributed by atoms with Gasteiger partial charge in [0.2, 0.25) is 12.7 Å². The molecule has 1 saturated heterocycles. The van der Waals surface area contributed by atoms with Crippen molar-refractivity contribution in [1.29, 1.82) is 0 Å². The highest BCUT2D eigenvalue weighted by Crippen LogP contribution is 2.38. The molecule has 0 aromatic carbocycles. The van der Waals surface area contributed by atoms with Crippen LogP contribution >= 0.6 is 23.1 Å². The van der Waals surface area contributed by atoms with E-state index in [-0.39, 0.29) is 22.2 Å². The number of carbonyl (C=O) groups excluding carboxylic acids is 5. The predicted molar refractivity (Wildman–Crippen MR) is 138 cm³/mol. The number of β-lactam (4-membered cyclic amide) rings is 1. The lowest BCUT2D eigenvalue weighted by molar-refractivity contribution is -0.173. The van der Waals surface area contributed by atoms with Gasteiger partial charge in [-0.25, -0.2) is 9.78 Å². The molecule has 206 valence electrons. The van der Waals surface area contributed by atoms with Crippen LogP contribution < -0.4 is 16.4 Å². The van der Waals surface area contributed by atoms with E-state index >= 15 is 0 Å². The Bertz CT molecular complexity index is 1190. The zero-order chi connectivity index (χ0) is 28.2. The molecule has 0 saturated carbocycles. The number of anilines is 1. The van der Waals surface area contributed by atoms with Crippen molar-refractivity contribution in [1.82, 2.24) is 15.2 Å². The standard InChI is InChI=1S/C22H28N6O8S2/c1-10(23)15(29)26-21-24-11(8-38-21)13(27-34-5)16(30)25-14-17(31)28-12(6-7-37-18(14)28)19(32)35-9-36-20(33)22(2,3)4/h6,8,10,14,18H,7,9,23H2,1-5H3,(H,25,30)(H,24,26,29)/b27-13+/t10-,14?,18?/m0/s1. The molecule has 16 heteroatoms. The minimum Gasteiger partial charge on any atom is -0.427 e. The molecule has 0 aliphatic carbocycles. The number of hydrogen-bond donors (Lipinski definition) is 3. The molecule has 2 aliphatic heterocycles. The van der Waals surface area contributed by atoms with Crippen molar-refractivity contribution >= 4 is 63.6 Å². The topological polar surface area (TPSA) is 192 Å². The summed E-state index contributed by atoms with van der Waals surface area (Å²) < 4.78 is 9.96. The first-order valence-electron chi connectivity index (χ1n) is 11.3. The second-order valence-electron chi connectivity index (χ2n) is 9.14. The number of oxime groups is 1. The number of nitrogens with zero attached hydrogens (tertiary/aromatic N) is 3. The minimum atomic E-state index is -0.958. The van der Waals surface area contributed by atoms with Gasteiger partial charge in [0.05, 0.1) is 11.5 Å². The van der Waals surface area contributed by atoms with Crippen LogP contribution in [0, 0.1) is 5.41 Å². The Balaban J connectivity index is 1.62. The van der Waals surface area contributed by atoms with Crippen molar-refractivity contribution in [2.45, 2.75) is 45.2 Å². The Kier molecular flexibility index (Phi) is 9.11. The highest BCUT2D eigenvalue weighted by Gasteiger charge is 2.53. The number of rotatable bonds is 9. The number of thiazole rings is 1. The number of fused-ring (bicyclic) bond motifs is 1. The van der Waals surface area contributed by atoms with Gasteiger partial charge >= 0.3 is 11.9 Å². The first-order chi connectivity index (χ1) is 17.8. The van der Waals surface area contributed by atoms with Crippen molar-refractivity contribution in [3.05, 3.63) is 22.8 Å². The van der Waals surface area contributed by atoms with Crippen molar-refractivity contribution < 1.29 is 38.3 Å². The van der Waals surface area contributed by atoms with Crippen LogP contribution in [0.1, 0.15) is 33.4 Å². The van der Waals surface area contributed by atoms with Crippen molar-refractivity contribution in [3.63, 3.8) is 0 Å². The molecule has 3 amide bonds. The summed E-state index contributed by atoms with van der Waals surface area (Å²) in [5.74, 6) is -2.73. The van der Waals surface area contributed by atoms with Crippen LogP contribution in [-0.4, -0.2) is 82.4 Å². The van der Waals surface area contributed by atoms with E-state index in [0.717, 1.165) is 11.3 Å². The van der Waals surface area contributed by atoms with E-state index in [1.807, 2.05) is 0 Å². The van der Waals surface area contributed by atoms with Gasteiger partial charge in [0.15, 0.2) is 10.8 Å². The van der Waals surface area contributed by atoms with Gasteiger partial charge in [-0.15, -0.1) is 23.1 Å². The quantitative estimate of drug-likeness (QED) is 0.121. The lowest BCUT2D eigenvalue weighted by Crippen LogP contribution is -2.70.